The Morgan fingerprint density at radius 1 is 1.24 bits per heavy atom. The summed E-state index contributed by atoms with van der Waals surface area (Å²) in [6.07, 6.45) is 0.574. The van der Waals surface area contributed by atoms with E-state index in [-0.39, 0.29) is 16.7 Å². The minimum Gasteiger partial charge on any atom is -0.479 e. The van der Waals surface area contributed by atoms with Crippen LogP contribution < -0.4 is 0 Å². The molecule has 1 unspecified atom stereocenters. The summed E-state index contributed by atoms with van der Waals surface area (Å²) in [4.78, 5) is 25.3. The van der Waals surface area contributed by atoms with E-state index < -0.39 is 33.5 Å². The summed E-state index contributed by atoms with van der Waals surface area (Å²) in [6.45, 7) is 5.11. The van der Waals surface area contributed by atoms with Gasteiger partial charge in [-0.25, -0.2) is 18.0 Å². The molecular formula is C17H21NO6S. The van der Waals surface area contributed by atoms with Gasteiger partial charge in [-0.05, 0) is 56.9 Å². The first-order valence-electron chi connectivity index (χ1n) is 8.10. The molecule has 0 radical (unpaired) electrons. The standard InChI is InChI=1S/C17H21NO6S/c1-17(2,3)24-16(21)18-9-10-8-12(25(22,23)11-4-5-11)6-7-13(10)14(18)15(19)20/h6-8,11,14H,4-5,9H2,1-3H3,(H,19,20). The molecule has 0 bridgehead atoms. The number of sulfone groups is 1. The molecule has 1 aliphatic heterocycles. The molecule has 1 atom stereocenters. The number of hydrogen-bond donors (Lipinski definition) is 1. The van der Waals surface area contributed by atoms with E-state index in [0.717, 1.165) is 4.90 Å². The van der Waals surface area contributed by atoms with Gasteiger partial charge in [-0.3, -0.25) is 4.90 Å². The lowest BCUT2D eigenvalue weighted by Crippen LogP contribution is -2.38. The maximum absolute atomic E-state index is 12.4. The first-order chi connectivity index (χ1) is 11.5. The van der Waals surface area contributed by atoms with Crippen molar-refractivity contribution in [2.75, 3.05) is 0 Å². The fourth-order valence-corrected chi connectivity index (χ4v) is 4.64. The van der Waals surface area contributed by atoms with E-state index in [1.165, 1.54) is 18.2 Å². The second kappa shape index (κ2) is 5.72. The molecular weight excluding hydrogens is 346 g/mol. The number of hydrogen-bond acceptors (Lipinski definition) is 5. The van der Waals surface area contributed by atoms with Crippen LogP contribution in [0.4, 0.5) is 4.79 Å². The predicted octanol–water partition coefficient (Wildman–Crippen LogP) is 2.50. The number of amides is 1. The minimum atomic E-state index is -3.37. The van der Waals surface area contributed by atoms with Crippen molar-refractivity contribution < 1.29 is 27.9 Å². The Morgan fingerprint density at radius 2 is 1.88 bits per heavy atom. The van der Waals surface area contributed by atoms with Gasteiger partial charge in [-0.15, -0.1) is 0 Å². The van der Waals surface area contributed by atoms with Crippen molar-refractivity contribution in [3.8, 4) is 0 Å². The highest BCUT2D eigenvalue weighted by atomic mass is 32.2. The van der Waals surface area contributed by atoms with Crippen LogP contribution in [0.25, 0.3) is 0 Å². The Morgan fingerprint density at radius 3 is 2.40 bits per heavy atom. The molecule has 1 fully saturated rings. The van der Waals surface area contributed by atoms with Crippen molar-refractivity contribution in [2.24, 2.45) is 0 Å². The number of aliphatic carboxylic acids is 1. The third-order valence-electron chi connectivity index (χ3n) is 4.22. The molecule has 1 aliphatic carbocycles. The van der Waals surface area contributed by atoms with Gasteiger partial charge in [0.05, 0.1) is 16.7 Å². The lowest BCUT2D eigenvalue weighted by Gasteiger charge is -2.27. The number of carbonyl (C=O) groups excluding carboxylic acids is 1. The van der Waals surface area contributed by atoms with E-state index in [0.29, 0.717) is 24.0 Å². The lowest BCUT2D eigenvalue weighted by molar-refractivity contribution is -0.143. The highest BCUT2D eigenvalue weighted by molar-refractivity contribution is 7.92. The van der Waals surface area contributed by atoms with Crippen molar-refractivity contribution in [1.29, 1.82) is 0 Å². The number of carbonyl (C=O) groups is 2. The van der Waals surface area contributed by atoms with E-state index in [1.54, 1.807) is 20.8 Å². The zero-order valence-corrected chi connectivity index (χ0v) is 15.2. The molecule has 8 heteroatoms. The molecule has 0 saturated heterocycles. The van der Waals surface area contributed by atoms with Gasteiger partial charge in [0.25, 0.3) is 0 Å². The number of nitrogens with zero attached hydrogens (tertiary/aromatic N) is 1. The van der Waals surface area contributed by atoms with E-state index in [9.17, 15) is 23.1 Å². The number of rotatable bonds is 3. The predicted molar refractivity (Wildman–Crippen MR) is 88.8 cm³/mol. The first-order valence-corrected chi connectivity index (χ1v) is 9.64. The summed E-state index contributed by atoms with van der Waals surface area (Å²) in [5.41, 5.74) is 0.197. The van der Waals surface area contributed by atoms with Crippen molar-refractivity contribution in [2.45, 2.75) is 61.9 Å². The SMILES string of the molecule is CC(C)(C)OC(=O)N1Cc2cc(S(=O)(=O)C3CC3)ccc2C1C(=O)O. The Hall–Kier alpha value is -2.09. The maximum Gasteiger partial charge on any atom is 0.411 e. The smallest absolute Gasteiger partial charge is 0.411 e. The molecule has 1 aromatic rings. The van der Waals surface area contributed by atoms with Crippen molar-refractivity contribution >= 4 is 21.9 Å². The van der Waals surface area contributed by atoms with Gasteiger partial charge in [0.15, 0.2) is 15.9 Å². The van der Waals surface area contributed by atoms with Crippen LogP contribution >= 0.6 is 0 Å². The summed E-state index contributed by atoms with van der Waals surface area (Å²) in [5, 5.41) is 9.19. The van der Waals surface area contributed by atoms with Crippen LogP contribution in [0, 0.1) is 0 Å². The quantitative estimate of drug-likeness (QED) is 0.881. The molecule has 2 aliphatic rings. The van der Waals surface area contributed by atoms with Crippen molar-refractivity contribution in [1.82, 2.24) is 4.90 Å². The van der Waals surface area contributed by atoms with Gasteiger partial charge >= 0.3 is 12.1 Å². The second-order valence-electron chi connectivity index (χ2n) is 7.45. The number of benzene rings is 1. The number of carboxylic acids is 1. The summed E-state index contributed by atoms with van der Waals surface area (Å²) >= 11 is 0. The van der Waals surface area contributed by atoms with Gasteiger partial charge < -0.3 is 9.84 Å². The molecule has 7 nitrogen and oxygen atoms in total. The minimum absolute atomic E-state index is 0.00917. The van der Waals surface area contributed by atoms with Gasteiger partial charge in [-0.2, -0.15) is 0 Å². The van der Waals surface area contributed by atoms with Crippen molar-refractivity contribution in [3.05, 3.63) is 29.3 Å². The van der Waals surface area contributed by atoms with Crippen LogP contribution in [0.5, 0.6) is 0 Å². The van der Waals surface area contributed by atoms with Crippen LogP contribution in [0.15, 0.2) is 23.1 Å². The van der Waals surface area contributed by atoms with Crippen LogP contribution in [0.1, 0.15) is 50.8 Å². The van der Waals surface area contributed by atoms with Gasteiger partial charge in [-0.1, -0.05) is 6.07 Å². The maximum atomic E-state index is 12.4. The average Bonchev–Trinajstić information content (AvgIpc) is 3.25. The Kier molecular flexibility index (Phi) is 4.06. The van der Waals surface area contributed by atoms with Gasteiger partial charge in [0, 0.05) is 0 Å². The zero-order valence-electron chi connectivity index (χ0n) is 14.4. The molecule has 25 heavy (non-hydrogen) atoms. The lowest BCUT2D eigenvalue weighted by atomic mass is 10.1. The molecule has 1 aromatic carbocycles. The van der Waals surface area contributed by atoms with E-state index >= 15 is 0 Å². The molecule has 0 aromatic heterocycles. The summed E-state index contributed by atoms with van der Waals surface area (Å²) < 4.78 is 30.1. The highest BCUT2D eigenvalue weighted by Gasteiger charge is 2.42. The first kappa shape index (κ1) is 17.7. The molecule has 1 saturated carbocycles. The van der Waals surface area contributed by atoms with Crippen molar-refractivity contribution in [3.63, 3.8) is 0 Å². The average molecular weight is 367 g/mol. The van der Waals surface area contributed by atoms with E-state index in [4.69, 9.17) is 4.74 Å². The number of carboxylic acid groups (broad SMARTS) is 1. The van der Waals surface area contributed by atoms with Crippen LogP contribution in [-0.2, 0) is 25.9 Å². The fourth-order valence-electron chi connectivity index (χ4n) is 2.93. The van der Waals surface area contributed by atoms with Gasteiger partial charge in [0.2, 0.25) is 0 Å². The van der Waals surface area contributed by atoms with Gasteiger partial charge in [0.1, 0.15) is 5.60 Å². The molecule has 136 valence electrons. The molecule has 3 rings (SSSR count). The molecule has 1 N–H and O–H groups in total. The normalized spacial score (nSPS) is 20.3. The topological polar surface area (TPSA) is 101 Å². The van der Waals surface area contributed by atoms with E-state index in [1.807, 2.05) is 0 Å². The summed E-state index contributed by atoms with van der Waals surface area (Å²) in [6, 6.07) is 3.24. The largest absolute Gasteiger partial charge is 0.479 e. The number of ether oxygens (including phenoxy) is 1. The highest BCUT2D eigenvalue weighted by Crippen LogP contribution is 2.39. The summed E-state index contributed by atoms with van der Waals surface area (Å²) in [5.74, 6) is -1.18. The number of fused-ring (bicyclic) bond motifs is 1. The molecule has 1 heterocycles. The molecule has 0 spiro atoms. The summed E-state index contributed by atoms with van der Waals surface area (Å²) in [7, 11) is -3.37. The third-order valence-corrected chi connectivity index (χ3v) is 6.48. The van der Waals surface area contributed by atoms with Crippen LogP contribution in [-0.4, -0.2) is 41.3 Å². The van der Waals surface area contributed by atoms with Crippen LogP contribution in [0.2, 0.25) is 0 Å². The third kappa shape index (κ3) is 3.35. The Labute approximate surface area is 146 Å². The van der Waals surface area contributed by atoms with E-state index in [2.05, 4.69) is 0 Å². The Bertz CT molecular complexity index is 835. The monoisotopic (exact) mass is 367 g/mol. The second-order valence-corrected chi connectivity index (χ2v) is 9.68. The Balaban J connectivity index is 1.95. The zero-order chi connectivity index (χ0) is 18.6. The molecule has 1 amide bonds. The van der Waals surface area contributed by atoms with Crippen LogP contribution in [0.3, 0.4) is 0 Å². The fraction of sp³-hybridized carbons (Fsp3) is 0.529.